The lowest BCUT2D eigenvalue weighted by Crippen LogP contribution is -2.53. The number of nitrogens with one attached hydrogen (secondary N) is 2. The highest BCUT2D eigenvalue weighted by Gasteiger charge is 2.52. The first-order chi connectivity index (χ1) is 18.5. The number of likely N-dealkylation sites (tertiary alicyclic amines) is 2. The zero-order chi connectivity index (χ0) is 28.4. The second-order valence-corrected chi connectivity index (χ2v) is 11.6. The molecule has 3 heterocycles. The van der Waals surface area contributed by atoms with Crippen LogP contribution in [0.5, 0.6) is 0 Å². The molecule has 2 N–H and O–H groups in total. The van der Waals surface area contributed by atoms with Crippen LogP contribution in [0.25, 0.3) is 0 Å². The van der Waals surface area contributed by atoms with Crippen molar-refractivity contribution in [3.05, 3.63) is 46.2 Å². The lowest BCUT2D eigenvalue weighted by atomic mass is 10.0. The first-order valence-electron chi connectivity index (χ1n) is 13.1. The Bertz CT molecular complexity index is 1270. The summed E-state index contributed by atoms with van der Waals surface area (Å²) in [5, 5.41) is 7.27. The van der Waals surface area contributed by atoms with Crippen molar-refractivity contribution in [2.24, 2.45) is 5.92 Å². The average Bonchev–Trinajstić information content (AvgIpc) is 3.59. The minimum atomic E-state index is -0.800. The fraction of sp³-hybridized carbons (Fsp3) is 0.464. The lowest BCUT2D eigenvalue weighted by molar-refractivity contribution is -0.138. The molecule has 208 valence electrons. The van der Waals surface area contributed by atoms with Crippen molar-refractivity contribution in [3.63, 3.8) is 0 Å². The molecule has 2 unspecified atom stereocenters. The van der Waals surface area contributed by atoms with Gasteiger partial charge in [0.2, 0.25) is 11.8 Å². The van der Waals surface area contributed by atoms with Gasteiger partial charge in [-0.1, -0.05) is 13.8 Å². The van der Waals surface area contributed by atoms with E-state index in [1.54, 1.807) is 23.6 Å². The van der Waals surface area contributed by atoms with Crippen molar-refractivity contribution in [2.45, 2.75) is 51.7 Å². The first kappa shape index (κ1) is 28.3. The molecule has 1 aromatic heterocycles. The van der Waals surface area contributed by atoms with E-state index in [1.807, 2.05) is 45.0 Å². The normalized spacial score (nSPS) is 19.2. The van der Waals surface area contributed by atoms with Gasteiger partial charge in [-0.2, -0.15) is 0 Å². The van der Waals surface area contributed by atoms with Crippen molar-refractivity contribution in [1.82, 2.24) is 15.1 Å². The van der Waals surface area contributed by atoms with Gasteiger partial charge in [-0.15, -0.1) is 11.3 Å². The SMILES string of the molecule is CC(=O)Nc1ccsc1C(=O)N1CC(=O)C2C1CCN2C(=O)[C@H](CC(C)C)NC(=O)c1ccc(N(C)C)cc1. The molecule has 2 aromatic rings. The van der Waals surface area contributed by atoms with E-state index in [-0.39, 0.29) is 41.9 Å². The van der Waals surface area contributed by atoms with Gasteiger partial charge >= 0.3 is 0 Å². The van der Waals surface area contributed by atoms with Crippen LogP contribution < -0.4 is 15.5 Å². The number of nitrogens with zero attached hydrogens (tertiary/aromatic N) is 3. The molecule has 10 nitrogen and oxygen atoms in total. The minimum absolute atomic E-state index is 0.102. The molecule has 1 aromatic carbocycles. The Labute approximate surface area is 232 Å². The van der Waals surface area contributed by atoms with Crippen LogP contribution in [0.4, 0.5) is 11.4 Å². The Morgan fingerprint density at radius 2 is 1.77 bits per heavy atom. The highest BCUT2D eigenvalue weighted by atomic mass is 32.1. The van der Waals surface area contributed by atoms with Crippen LogP contribution in [-0.2, 0) is 14.4 Å². The highest BCUT2D eigenvalue weighted by molar-refractivity contribution is 7.12. The van der Waals surface area contributed by atoms with E-state index in [9.17, 15) is 24.0 Å². The average molecular weight is 554 g/mol. The Hall–Kier alpha value is -3.73. The van der Waals surface area contributed by atoms with Gasteiger partial charge in [0.05, 0.1) is 18.3 Å². The van der Waals surface area contributed by atoms with E-state index in [2.05, 4.69) is 10.6 Å². The van der Waals surface area contributed by atoms with Gasteiger partial charge < -0.3 is 25.3 Å². The third kappa shape index (κ3) is 5.98. The molecule has 0 bridgehead atoms. The molecule has 11 heteroatoms. The van der Waals surface area contributed by atoms with Crippen molar-refractivity contribution >= 4 is 52.1 Å². The number of amides is 4. The number of fused-ring (bicyclic) bond motifs is 1. The summed E-state index contributed by atoms with van der Waals surface area (Å²) in [7, 11) is 3.83. The van der Waals surface area contributed by atoms with E-state index < -0.39 is 18.1 Å². The number of ketones is 1. The van der Waals surface area contributed by atoms with Gasteiger partial charge in [-0.3, -0.25) is 24.0 Å². The van der Waals surface area contributed by atoms with E-state index in [4.69, 9.17) is 0 Å². The zero-order valence-corrected chi connectivity index (χ0v) is 23.7. The van der Waals surface area contributed by atoms with Crippen LogP contribution in [0.2, 0.25) is 0 Å². The number of hydrogen-bond donors (Lipinski definition) is 2. The Kier molecular flexibility index (Phi) is 8.39. The molecule has 0 saturated carbocycles. The molecule has 0 radical (unpaired) electrons. The molecule has 2 aliphatic rings. The number of hydrogen-bond acceptors (Lipinski definition) is 7. The van der Waals surface area contributed by atoms with E-state index >= 15 is 0 Å². The van der Waals surface area contributed by atoms with Crippen LogP contribution in [0.15, 0.2) is 35.7 Å². The molecule has 39 heavy (non-hydrogen) atoms. The molecular formula is C28H35N5O5S. The monoisotopic (exact) mass is 553 g/mol. The summed E-state index contributed by atoms with van der Waals surface area (Å²) in [5.74, 6) is -1.37. The maximum atomic E-state index is 13.8. The third-order valence-corrected chi connectivity index (χ3v) is 8.00. The van der Waals surface area contributed by atoms with Crippen molar-refractivity contribution in [3.8, 4) is 0 Å². The van der Waals surface area contributed by atoms with Crippen LogP contribution in [0.3, 0.4) is 0 Å². The fourth-order valence-electron chi connectivity index (χ4n) is 5.28. The van der Waals surface area contributed by atoms with Gasteiger partial charge in [-0.05, 0) is 54.5 Å². The van der Waals surface area contributed by atoms with Crippen LogP contribution in [0.1, 0.15) is 53.6 Å². The molecule has 2 aliphatic heterocycles. The molecule has 0 spiro atoms. The van der Waals surface area contributed by atoms with Gasteiger partial charge in [0.1, 0.15) is 17.0 Å². The molecule has 2 fully saturated rings. The van der Waals surface area contributed by atoms with Crippen molar-refractivity contribution < 1.29 is 24.0 Å². The standard InChI is InChI=1S/C28H35N5O5S/c1-16(2)14-21(30-26(36)18-6-8-19(9-7-18)31(4)5)27(37)32-12-10-22-24(32)23(35)15-33(22)28(38)25-20(11-13-39-25)29-17(3)34/h6-9,11,13,16,21-22,24H,10,12,14-15H2,1-5H3,(H,29,34)(H,30,36)/t21-,22?,24?/m0/s1. The maximum Gasteiger partial charge on any atom is 0.266 e. The number of thiophene rings is 1. The Balaban J connectivity index is 1.50. The second-order valence-electron chi connectivity index (χ2n) is 10.7. The summed E-state index contributed by atoms with van der Waals surface area (Å²) in [6.45, 7) is 5.52. The van der Waals surface area contributed by atoms with Crippen molar-refractivity contribution in [2.75, 3.05) is 37.4 Å². The fourth-order valence-corrected chi connectivity index (χ4v) is 6.08. The van der Waals surface area contributed by atoms with Crippen LogP contribution in [0, 0.1) is 5.92 Å². The van der Waals surface area contributed by atoms with E-state index in [1.165, 1.54) is 28.1 Å². The predicted octanol–water partition coefficient (Wildman–Crippen LogP) is 2.61. The third-order valence-electron chi connectivity index (χ3n) is 7.09. The Morgan fingerprint density at radius 1 is 1.08 bits per heavy atom. The van der Waals surface area contributed by atoms with Gasteiger partial charge in [-0.25, -0.2) is 0 Å². The summed E-state index contributed by atoms with van der Waals surface area (Å²) >= 11 is 1.20. The minimum Gasteiger partial charge on any atom is -0.378 e. The van der Waals surface area contributed by atoms with E-state index in [0.717, 1.165) is 5.69 Å². The quantitative estimate of drug-likeness (QED) is 0.519. The zero-order valence-electron chi connectivity index (χ0n) is 22.9. The molecular weight excluding hydrogens is 518 g/mol. The summed E-state index contributed by atoms with van der Waals surface area (Å²) in [5.41, 5.74) is 1.81. The van der Waals surface area contributed by atoms with Gasteiger partial charge in [0, 0.05) is 38.8 Å². The highest BCUT2D eigenvalue weighted by Crippen LogP contribution is 2.34. The maximum absolute atomic E-state index is 13.8. The summed E-state index contributed by atoms with van der Waals surface area (Å²) in [6.07, 6.45) is 0.878. The topological polar surface area (TPSA) is 119 Å². The molecule has 0 aliphatic carbocycles. The van der Waals surface area contributed by atoms with Gasteiger partial charge in [0.25, 0.3) is 11.8 Å². The number of carbonyl (C=O) groups excluding carboxylic acids is 5. The summed E-state index contributed by atoms with van der Waals surface area (Å²) in [6, 6.07) is 6.78. The number of Topliss-reactive ketones (excluding diaryl/α,β-unsaturated/α-hetero) is 1. The molecule has 2 saturated heterocycles. The second kappa shape index (κ2) is 11.6. The van der Waals surface area contributed by atoms with Gasteiger partial charge in [0.15, 0.2) is 5.78 Å². The van der Waals surface area contributed by atoms with Crippen LogP contribution >= 0.6 is 11.3 Å². The molecule has 3 atom stereocenters. The number of carbonyl (C=O) groups is 5. The number of rotatable bonds is 8. The smallest absolute Gasteiger partial charge is 0.266 e. The summed E-state index contributed by atoms with van der Waals surface area (Å²) < 4.78 is 0. The number of anilines is 2. The van der Waals surface area contributed by atoms with Crippen LogP contribution in [-0.4, -0.2) is 84.5 Å². The number of benzene rings is 1. The first-order valence-corrected chi connectivity index (χ1v) is 13.9. The molecule has 4 amide bonds. The molecule has 4 rings (SSSR count). The summed E-state index contributed by atoms with van der Waals surface area (Å²) in [4.78, 5) is 70.3. The Morgan fingerprint density at radius 3 is 2.38 bits per heavy atom. The van der Waals surface area contributed by atoms with Crippen molar-refractivity contribution in [1.29, 1.82) is 0 Å². The predicted molar refractivity (Wildman–Crippen MR) is 150 cm³/mol. The lowest BCUT2D eigenvalue weighted by Gasteiger charge is -2.29. The largest absolute Gasteiger partial charge is 0.378 e. The van der Waals surface area contributed by atoms with E-state index in [0.29, 0.717) is 35.5 Å².